The predicted octanol–water partition coefficient (Wildman–Crippen LogP) is 5.25. The Morgan fingerprint density at radius 2 is 2.11 bits per heavy atom. The first-order valence-corrected chi connectivity index (χ1v) is 9.12. The highest BCUT2D eigenvalue weighted by atomic mass is 35.5. The number of hydrogen-bond donors (Lipinski definition) is 1. The van der Waals surface area contributed by atoms with Crippen LogP contribution in [0, 0.1) is 5.82 Å². The van der Waals surface area contributed by atoms with E-state index in [2.05, 4.69) is 15.3 Å². The van der Waals surface area contributed by atoms with Crippen LogP contribution < -0.4 is 10.1 Å². The summed E-state index contributed by atoms with van der Waals surface area (Å²) in [5.41, 5.74) is 1.98. The molecule has 0 amide bonds. The Hall–Kier alpha value is -2.99. The largest absolute Gasteiger partial charge is 0.496 e. The Bertz CT molecular complexity index is 1050. The molecule has 5 nitrogen and oxygen atoms in total. The highest BCUT2D eigenvalue weighted by molar-refractivity contribution is 6.31. The van der Waals surface area contributed by atoms with Gasteiger partial charge in [0, 0.05) is 29.1 Å². The van der Waals surface area contributed by atoms with Gasteiger partial charge in [-0.1, -0.05) is 24.6 Å². The van der Waals surface area contributed by atoms with Gasteiger partial charge in [0.05, 0.1) is 17.6 Å². The molecule has 0 fully saturated rings. The van der Waals surface area contributed by atoms with Crippen LogP contribution in [0.4, 0.5) is 15.9 Å². The number of nitrogens with zero attached hydrogens (tertiary/aromatic N) is 2. The van der Waals surface area contributed by atoms with E-state index in [0.717, 1.165) is 12.0 Å². The van der Waals surface area contributed by atoms with E-state index in [-0.39, 0.29) is 17.2 Å². The lowest BCUT2D eigenvalue weighted by atomic mass is 10.0. The number of benzene rings is 2. The summed E-state index contributed by atoms with van der Waals surface area (Å²) in [6, 6.07) is 7.93. The van der Waals surface area contributed by atoms with E-state index < -0.39 is 5.82 Å². The number of methoxy groups -OCH3 is 1. The summed E-state index contributed by atoms with van der Waals surface area (Å²) < 4.78 is 18.8. The van der Waals surface area contributed by atoms with E-state index in [0.29, 0.717) is 28.2 Å². The number of rotatable bonds is 7. The van der Waals surface area contributed by atoms with Crippen LogP contribution in [0.1, 0.15) is 18.9 Å². The maximum atomic E-state index is 13.4. The quantitative estimate of drug-likeness (QED) is 0.549. The molecule has 0 saturated carbocycles. The van der Waals surface area contributed by atoms with E-state index in [9.17, 15) is 9.18 Å². The molecule has 144 valence electrons. The maximum absolute atomic E-state index is 13.4. The molecule has 28 heavy (non-hydrogen) atoms. The highest BCUT2D eigenvalue weighted by Crippen LogP contribution is 2.31. The lowest BCUT2D eigenvalue weighted by molar-refractivity contribution is -0.114. The Kier molecular flexibility index (Phi) is 6.21. The molecule has 0 spiro atoms. The minimum atomic E-state index is -0.495. The van der Waals surface area contributed by atoms with Crippen molar-refractivity contribution in [2.24, 2.45) is 0 Å². The number of carbonyl (C=O) groups is 1. The highest BCUT2D eigenvalue weighted by Gasteiger charge is 2.13. The summed E-state index contributed by atoms with van der Waals surface area (Å²) in [7, 11) is 1.55. The van der Waals surface area contributed by atoms with Gasteiger partial charge in [-0.15, -0.1) is 0 Å². The van der Waals surface area contributed by atoms with Crippen molar-refractivity contribution in [3.05, 3.63) is 65.2 Å². The fraction of sp³-hybridized carbons (Fsp3) is 0.190. The molecule has 1 aromatic heterocycles. The minimum Gasteiger partial charge on any atom is -0.496 e. The number of ether oxygens (including phenoxy) is 1. The molecule has 2 aromatic carbocycles. The normalized spacial score (nSPS) is 11.1. The van der Waals surface area contributed by atoms with Crippen LogP contribution >= 0.6 is 11.6 Å². The summed E-state index contributed by atoms with van der Waals surface area (Å²) in [5.74, 6) is 0.593. The van der Waals surface area contributed by atoms with Crippen molar-refractivity contribution in [3.63, 3.8) is 0 Å². The first-order valence-electron chi connectivity index (χ1n) is 8.75. The van der Waals surface area contributed by atoms with Gasteiger partial charge >= 0.3 is 0 Å². The number of fused-ring (bicyclic) bond motifs is 1. The summed E-state index contributed by atoms with van der Waals surface area (Å²) in [6.07, 6.45) is 5.81. The van der Waals surface area contributed by atoms with Gasteiger partial charge in [-0.2, -0.15) is 0 Å². The lowest BCUT2D eigenvalue weighted by Crippen LogP contribution is -2.03. The number of nitrogens with one attached hydrogen (secondary N) is 1. The average molecular weight is 400 g/mol. The van der Waals surface area contributed by atoms with Crippen LogP contribution in [0.5, 0.6) is 5.75 Å². The summed E-state index contributed by atoms with van der Waals surface area (Å²) in [6.45, 7) is 1.97. The molecule has 1 heterocycles. The van der Waals surface area contributed by atoms with Crippen molar-refractivity contribution in [3.8, 4) is 5.75 Å². The smallest absolute Gasteiger partial charge is 0.159 e. The summed E-state index contributed by atoms with van der Waals surface area (Å²) in [5, 5.41) is 3.85. The van der Waals surface area contributed by atoms with Gasteiger partial charge in [0.25, 0.3) is 0 Å². The lowest BCUT2D eigenvalue weighted by Gasteiger charge is -2.12. The molecule has 0 bridgehead atoms. The SMILES string of the molecule is CC/C=C/C(=O)Cc1cc2c(Nc3ccc(F)c(Cl)c3)ncnc2cc1OC. The fourth-order valence-electron chi connectivity index (χ4n) is 2.76. The van der Waals surface area contributed by atoms with Gasteiger partial charge in [-0.25, -0.2) is 14.4 Å². The number of hydrogen-bond acceptors (Lipinski definition) is 5. The second kappa shape index (κ2) is 8.80. The van der Waals surface area contributed by atoms with E-state index in [1.807, 2.05) is 19.1 Å². The zero-order valence-corrected chi connectivity index (χ0v) is 16.3. The van der Waals surface area contributed by atoms with Gasteiger partial charge < -0.3 is 10.1 Å². The molecule has 0 aliphatic rings. The third kappa shape index (κ3) is 4.46. The van der Waals surface area contributed by atoms with Crippen LogP contribution in [0.3, 0.4) is 0 Å². The molecular weight excluding hydrogens is 381 g/mol. The predicted molar refractivity (Wildman–Crippen MR) is 109 cm³/mol. The van der Waals surface area contributed by atoms with Crippen LogP contribution in [-0.2, 0) is 11.2 Å². The number of allylic oxidation sites excluding steroid dienone is 2. The topological polar surface area (TPSA) is 64.1 Å². The molecular formula is C21H19ClFN3O2. The van der Waals surface area contributed by atoms with Crippen molar-refractivity contribution in [1.82, 2.24) is 9.97 Å². The third-order valence-corrected chi connectivity index (χ3v) is 4.41. The Morgan fingerprint density at radius 1 is 1.29 bits per heavy atom. The number of ketones is 1. The second-order valence-corrected chi connectivity index (χ2v) is 6.52. The molecule has 0 saturated heterocycles. The number of aromatic nitrogens is 2. The molecule has 0 aliphatic carbocycles. The van der Waals surface area contributed by atoms with Crippen molar-refractivity contribution in [2.45, 2.75) is 19.8 Å². The van der Waals surface area contributed by atoms with Crippen LogP contribution in [-0.4, -0.2) is 22.9 Å². The van der Waals surface area contributed by atoms with Gasteiger partial charge in [0.2, 0.25) is 0 Å². The minimum absolute atomic E-state index is 0.0130. The van der Waals surface area contributed by atoms with E-state index in [4.69, 9.17) is 16.3 Å². The molecule has 7 heteroatoms. The molecule has 0 unspecified atom stereocenters. The monoisotopic (exact) mass is 399 g/mol. The average Bonchev–Trinajstić information content (AvgIpc) is 2.69. The molecule has 0 aliphatic heterocycles. The molecule has 0 atom stereocenters. The van der Waals surface area contributed by atoms with Crippen LogP contribution in [0.15, 0.2) is 48.8 Å². The third-order valence-electron chi connectivity index (χ3n) is 4.12. The van der Waals surface area contributed by atoms with Gasteiger partial charge in [0.15, 0.2) is 5.78 Å². The van der Waals surface area contributed by atoms with Crippen molar-refractivity contribution >= 4 is 39.8 Å². The van der Waals surface area contributed by atoms with E-state index in [1.54, 1.807) is 25.3 Å². The fourth-order valence-corrected chi connectivity index (χ4v) is 2.94. The van der Waals surface area contributed by atoms with Crippen LogP contribution in [0.25, 0.3) is 10.9 Å². The van der Waals surface area contributed by atoms with E-state index >= 15 is 0 Å². The first kappa shape index (κ1) is 19.8. The Labute approximate surface area is 167 Å². The van der Waals surface area contributed by atoms with Crippen LogP contribution in [0.2, 0.25) is 5.02 Å². The van der Waals surface area contributed by atoms with Crippen molar-refractivity contribution < 1.29 is 13.9 Å². The van der Waals surface area contributed by atoms with E-state index in [1.165, 1.54) is 18.5 Å². The van der Waals surface area contributed by atoms with Gasteiger partial charge in [-0.05, 0) is 36.8 Å². The van der Waals surface area contributed by atoms with Crippen molar-refractivity contribution in [2.75, 3.05) is 12.4 Å². The van der Waals surface area contributed by atoms with Gasteiger partial charge in [0.1, 0.15) is 23.7 Å². The number of anilines is 2. The zero-order valence-electron chi connectivity index (χ0n) is 15.5. The molecule has 3 aromatic rings. The Balaban J connectivity index is 2.01. The number of carbonyl (C=O) groups excluding carboxylic acids is 1. The molecule has 1 N–H and O–H groups in total. The zero-order chi connectivity index (χ0) is 20.1. The second-order valence-electron chi connectivity index (χ2n) is 6.11. The van der Waals surface area contributed by atoms with Crippen molar-refractivity contribution in [1.29, 1.82) is 0 Å². The summed E-state index contributed by atoms with van der Waals surface area (Å²) in [4.78, 5) is 20.7. The summed E-state index contributed by atoms with van der Waals surface area (Å²) >= 11 is 5.85. The number of halogens is 2. The van der Waals surface area contributed by atoms with Gasteiger partial charge in [-0.3, -0.25) is 4.79 Å². The molecule has 3 rings (SSSR count). The maximum Gasteiger partial charge on any atom is 0.159 e. The Morgan fingerprint density at radius 3 is 2.82 bits per heavy atom. The standard InChI is InChI=1S/C21H19ClFN3O2/c1-3-4-5-15(27)8-13-9-16-19(11-20(13)28-2)24-12-25-21(16)26-14-6-7-18(23)17(22)10-14/h4-7,9-12H,3,8H2,1-2H3,(H,24,25,26)/b5-4+. The molecule has 0 radical (unpaired) electrons. The first-order chi connectivity index (χ1) is 13.5.